The van der Waals surface area contributed by atoms with E-state index in [2.05, 4.69) is 16.4 Å². The highest BCUT2D eigenvalue weighted by molar-refractivity contribution is 7.98. The number of para-hydroxylation sites is 1. The number of thiazole rings is 1. The van der Waals surface area contributed by atoms with E-state index in [0.29, 0.717) is 10.7 Å². The van der Waals surface area contributed by atoms with Crippen LogP contribution in [0.1, 0.15) is 21.5 Å². The number of fused-ring (bicyclic) bond motifs is 1. The summed E-state index contributed by atoms with van der Waals surface area (Å²) in [5.41, 5.74) is 3.79. The first kappa shape index (κ1) is 15.1. The van der Waals surface area contributed by atoms with Crippen LogP contribution in [-0.4, -0.2) is 17.1 Å². The van der Waals surface area contributed by atoms with Gasteiger partial charge in [-0.3, -0.25) is 10.1 Å². The van der Waals surface area contributed by atoms with Gasteiger partial charge in [-0.2, -0.15) is 0 Å². The Morgan fingerprint density at radius 1 is 1.18 bits per heavy atom. The van der Waals surface area contributed by atoms with E-state index in [-0.39, 0.29) is 5.91 Å². The van der Waals surface area contributed by atoms with Crippen LogP contribution in [0.2, 0.25) is 0 Å². The van der Waals surface area contributed by atoms with Crippen LogP contribution in [0.4, 0.5) is 5.13 Å². The Morgan fingerprint density at radius 3 is 2.59 bits per heavy atom. The number of carbonyl (C=O) groups excluding carboxylic acids is 1. The lowest BCUT2D eigenvalue weighted by atomic mass is 10.1. The summed E-state index contributed by atoms with van der Waals surface area (Å²) in [5.74, 6) is -0.114. The van der Waals surface area contributed by atoms with Crippen LogP contribution in [-0.2, 0) is 0 Å². The van der Waals surface area contributed by atoms with E-state index in [1.54, 1.807) is 11.8 Å². The summed E-state index contributed by atoms with van der Waals surface area (Å²) in [6.45, 7) is 3.98. The third-order valence-corrected chi connectivity index (χ3v) is 5.01. The molecule has 0 aliphatic carbocycles. The van der Waals surface area contributed by atoms with Gasteiger partial charge in [-0.25, -0.2) is 4.98 Å². The van der Waals surface area contributed by atoms with Gasteiger partial charge in [-0.05, 0) is 44.4 Å². The minimum Gasteiger partial charge on any atom is -0.298 e. The molecule has 0 aliphatic heterocycles. The molecule has 22 heavy (non-hydrogen) atoms. The Kier molecular flexibility index (Phi) is 4.18. The highest BCUT2D eigenvalue weighted by Gasteiger charge is 2.12. The predicted molar refractivity (Wildman–Crippen MR) is 95.3 cm³/mol. The number of thioether (sulfide) groups is 1. The first-order valence-electron chi connectivity index (χ1n) is 6.90. The molecule has 3 aromatic rings. The van der Waals surface area contributed by atoms with Crippen molar-refractivity contribution in [3.63, 3.8) is 0 Å². The molecule has 0 fully saturated rings. The number of amides is 1. The quantitative estimate of drug-likeness (QED) is 0.696. The fourth-order valence-electron chi connectivity index (χ4n) is 2.42. The van der Waals surface area contributed by atoms with Gasteiger partial charge in [0.25, 0.3) is 5.91 Å². The molecule has 0 spiro atoms. The molecule has 0 radical (unpaired) electrons. The average Bonchev–Trinajstić information content (AvgIpc) is 2.88. The smallest absolute Gasteiger partial charge is 0.257 e. The molecule has 2 aromatic carbocycles. The Labute approximate surface area is 137 Å². The molecule has 3 nitrogen and oxygen atoms in total. The van der Waals surface area contributed by atoms with Crippen LogP contribution in [0.25, 0.3) is 10.2 Å². The van der Waals surface area contributed by atoms with E-state index >= 15 is 0 Å². The van der Waals surface area contributed by atoms with E-state index in [1.807, 2.05) is 50.4 Å². The van der Waals surface area contributed by atoms with Gasteiger partial charge in [0.15, 0.2) is 5.13 Å². The molecule has 3 rings (SSSR count). The second-order valence-electron chi connectivity index (χ2n) is 5.16. The van der Waals surface area contributed by atoms with Gasteiger partial charge >= 0.3 is 0 Å². The van der Waals surface area contributed by atoms with Gasteiger partial charge in [-0.1, -0.05) is 34.6 Å². The summed E-state index contributed by atoms with van der Waals surface area (Å²) < 4.78 is 1.09. The van der Waals surface area contributed by atoms with Crippen LogP contribution >= 0.6 is 23.1 Å². The number of nitrogens with one attached hydrogen (secondary N) is 1. The van der Waals surface area contributed by atoms with Crippen LogP contribution in [0, 0.1) is 13.8 Å². The molecule has 0 saturated carbocycles. The highest BCUT2D eigenvalue weighted by Crippen LogP contribution is 2.32. The molecule has 1 N–H and O–H groups in total. The topological polar surface area (TPSA) is 42.0 Å². The summed E-state index contributed by atoms with van der Waals surface area (Å²) in [7, 11) is 0. The molecule has 112 valence electrons. The number of aromatic nitrogens is 1. The van der Waals surface area contributed by atoms with E-state index in [9.17, 15) is 4.79 Å². The third-order valence-electron chi connectivity index (χ3n) is 3.31. The van der Waals surface area contributed by atoms with Crippen molar-refractivity contribution in [3.8, 4) is 0 Å². The van der Waals surface area contributed by atoms with Crippen molar-refractivity contribution in [2.45, 2.75) is 18.7 Å². The summed E-state index contributed by atoms with van der Waals surface area (Å²) >= 11 is 3.16. The van der Waals surface area contributed by atoms with Gasteiger partial charge in [0, 0.05) is 10.5 Å². The van der Waals surface area contributed by atoms with Gasteiger partial charge in [0.1, 0.15) is 0 Å². The molecule has 1 aromatic heterocycles. The van der Waals surface area contributed by atoms with Crippen LogP contribution in [0.5, 0.6) is 0 Å². The second kappa shape index (κ2) is 6.10. The number of hydrogen-bond donors (Lipinski definition) is 1. The Balaban J connectivity index is 1.91. The fraction of sp³-hybridized carbons (Fsp3) is 0.176. The number of aryl methyl sites for hydroxylation is 2. The SMILES string of the molecule is CSc1cccc2sc(NC(=O)c3cc(C)cc(C)c3)nc12. The molecule has 0 unspecified atom stereocenters. The zero-order valence-corrected chi connectivity index (χ0v) is 14.3. The first-order chi connectivity index (χ1) is 10.6. The van der Waals surface area contributed by atoms with Gasteiger partial charge in [-0.15, -0.1) is 11.8 Å². The standard InChI is InChI=1S/C17H16N2OS2/c1-10-7-11(2)9-12(8-10)16(20)19-17-18-15-13(21-3)5-4-6-14(15)22-17/h4-9H,1-3H3,(H,18,19,20). The van der Waals surface area contributed by atoms with Crippen molar-refractivity contribution in [3.05, 3.63) is 53.1 Å². The first-order valence-corrected chi connectivity index (χ1v) is 8.94. The van der Waals surface area contributed by atoms with E-state index < -0.39 is 0 Å². The molecule has 1 amide bonds. The van der Waals surface area contributed by atoms with Gasteiger partial charge in [0.2, 0.25) is 0 Å². The molecule has 0 saturated heterocycles. The highest BCUT2D eigenvalue weighted by atomic mass is 32.2. The molecule has 0 bridgehead atoms. The minimum absolute atomic E-state index is 0.114. The Hall–Kier alpha value is -1.85. The molecular formula is C17H16N2OS2. The van der Waals surface area contributed by atoms with E-state index in [1.165, 1.54) is 11.3 Å². The van der Waals surface area contributed by atoms with Crippen molar-refractivity contribution in [2.75, 3.05) is 11.6 Å². The summed E-state index contributed by atoms with van der Waals surface area (Å²) in [5, 5.41) is 3.55. The maximum absolute atomic E-state index is 12.4. The minimum atomic E-state index is -0.114. The zero-order valence-electron chi connectivity index (χ0n) is 12.6. The monoisotopic (exact) mass is 328 g/mol. The molecule has 0 aliphatic rings. The lowest BCUT2D eigenvalue weighted by Crippen LogP contribution is -2.12. The van der Waals surface area contributed by atoms with Crippen LogP contribution in [0.15, 0.2) is 41.3 Å². The maximum atomic E-state index is 12.4. The molecule has 1 heterocycles. The largest absolute Gasteiger partial charge is 0.298 e. The Morgan fingerprint density at radius 2 is 1.91 bits per heavy atom. The zero-order chi connectivity index (χ0) is 15.7. The maximum Gasteiger partial charge on any atom is 0.257 e. The van der Waals surface area contributed by atoms with Gasteiger partial charge in [0.05, 0.1) is 10.2 Å². The lowest BCUT2D eigenvalue weighted by molar-refractivity contribution is 0.102. The average molecular weight is 328 g/mol. The molecule has 5 heteroatoms. The summed E-state index contributed by atoms with van der Waals surface area (Å²) in [4.78, 5) is 18.1. The molecule has 0 atom stereocenters. The van der Waals surface area contributed by atoms with Crippen molar-refractivity contribution < 1.29 is 4.79 Å². The third kappa shape index (κ3) is 3.00. The normalized spacial score (nSPS) is 10.9. The van der Waals surface area contributed by atoms with E-state index in [4.69, 9.17) is 0 Å². The van der Waals surface area contributed by atoms with Gasteiger partial charge < -0.3 is 0 Å². The summed E-state index contributed by atoms with van der Waals surface area (Å²) in [6.07, 6.45) is 2.03. The molecular weight excluding hydrogens is 312 g/mol. The fourth-order valence-corrected chi connectivity index (χ4v) is 3.93. The second-order valence-corrected chi connectivity index (χ2v) is 7.04. The van der Waals surface area contributed by atoms with Crippen LogP contribution in [0.3, 0.4) is 0 Å². The number of hydrogen-bond acceptors (Lipinski definition) is 4. The lowest BCUT2D eigenvalue weighted by Gasteiger charge is -2.04. The van der Waals surface area contributed by atoms with Crippen molar-refractivity contribution >= 4 is 44.4 Å². The number of benzene rings is 2. The number of rotatable bonds is 3. The summed E-state index contributed by atoms with van der Waals surface area (Å²) in [6, 6.07) is 11.9. The van der Waals surface area contributed by atoms with Crippen molar-refractivity contribution in [1.29, 1.82) is 0 Å². The number of carbonyl (C=O) groups is 1. The predicted octanol–water partition coefficient (Wildman–Crippen LogP) is 4.89. The van der Waals surface area contributed by atoms with E-state index in [0.717, 1.165) is 26.2 Å². The van der Waals surface area contributed by atoms with Crippen molar-refractivity contribution in [1.82, 2.24) is 4.98 Å². The Bertz CT molecular complexity index is 835. The number of nitrogens with zero attached hydrogens (tertiary/aromatic N) is 1. The van der Waals surface area contributed by atoms with Crippen LogP contribution < -0.4 is 5.32 Å². The number of anilines is 1. The van der Waals surface area contributed by atoms with Crippen molar-refractivity contribution in [2.24, 2.45) is 0 Å².